The first-order chi connectivity index (χ1) is 7.13. The minimum Gasteiger partial charge on any atom is -0.496 e. The molecule has 0 aliphatic heterocycles. The van der Waals surface area contributed by atoms with Gasteiger partial charge < -0.3 is 10.5 Å². The molecule has 1 aromatic carbocycles. The summed E-state index contributed by atoms with van der Waals surface area (Å²) in [5, 5.41) is 0.735. The molecule has 0 fully saturated rings. The number of hydrogen-bond acceptors (Lipinski definition) is 3. The fourth-order valence-electron chi connectivity index (χ4n) is 1.12. The van der Waals surface area contributed by atoms with Crippen molar-refractivity contribution in [2.24, 2.45) is 5.73 Å². The Labute approximate surface area is 100 Å². The van der Waals surface area contributed by atoms with E-state index in [-0.39, 0.29) is 6.04 Å². The van der Waals surface area contributed by atoms with E-state index in [9.17, 15) is 0 Å². The van der Waals surface area contributed by atoms with Crippen molar-refractivity contribution in [2.45, 2.75) is 24.3 Å². The molecular formula is C11H16ClNOS. The third-order valence-corrected chi connectivity index (χ3v) is 3.26. The van der Waals surface area contributed by atoms with Crippen LogP contribution >= 0.6 is 23.4 Å². The van der Waals surface area contributed by atoms with Crippen molar-refractivity contribution >= 4 is 23.4 Å². The lowest BCUT2D eigenvalue weighted by Crippen LogP contribution is -2.15. The van der Waals surface area contributed by atoms with Crippen LogP contribution in [-0.4, -0.2) is 18.9 Å². The summed E-state index contributed by atoms with van der Waals surface area (Å²) in [6, 6.07) is 5.88. The topological polar surface area (TPSA) is 35.2 Å². The van der Waals surface area contributed by atoms with Crippen LogP contribution in [0.25, 0.3) is 0 Å². The molecule has 1 aromatic rings. The maximum Gasteiger partial charge on any atom is 0.132 e. The molecule has 0 aliphatic rings. The van der Waals surface area contributed by atoms with Crippen LogP contribution in [0, 0.1) is 0 Å². The summed E-state index contributed by atoms with van der Waals surface area (Å²) in [6.07, 6.45) is 0.986. The van der Waals surface area contributed by atoms with Crippen molar-refractivity contribution in [1.82, 2.24) is 0 Å². The van der Waals surface area contributed by atoms with Crippen LogP contribution in [0.2, 0.25) is 5.02 Å². The summed E-state index contributed by atoms with van der Waals surface area (Å²) < 4.78 is 5.25. The maximum absolute atomic E-state index is 5.92. The quantitative estimate of drug-likeness (QED) is 0.810. The van der Waals surface area contributed by atoms with Crippen LogP contribution in [0.5, 0.6) is 5.75 Å². The van der Waals surface area contributed by atoms with Crippen LogP contribution in [-0.2, 0) is 0 Å². The zero-order valence-corrected chi connectivity index (χ0v) is 10.6. The number of nitrogens with two attached hydrogens (primary N) is 1. The van der Waals surface area contributed by atoms with Crippen LogP contribution in [0.1, 0.15) is 13.3 Å². The number of rotatable bonds is 5. The fourth-order valence-corrected chi connectivity index (χ4v) is 2.57. The molecule has 0 bridgehead atoms. The van der Waals surface area contributed by atoms with E-state index in [0.717, 1.165) is 27.8 Å². The van der Waals surface area contributed by atoms with Gasteiger partial charge in [-0.3, -0.25) is 0 Å². The molecule has 0 radical (unpaired) electrons. The molecule has 1 rings (SSSR count). The SMILES string of the molecule is COc1ccc(Cl)cc1SCCC(C)N. The van der Waals surface area contributed by atoms with Gasteiger partial charge in [-0.25, -0.2) is 0 Å². The molecule has 0 amide bonds. The molecule has 4 heteroatoms. The molecule has 2 N–H and O–H groups in total. The highest BCUT2D eigenvalue weighted by molar-refractivity contribution is 7.99. The van der Waals surface area contributed by atoms with Gasteiger partial charge in [0.15, 0.2) is 0 Å². The third kappa shape index (κ3) is 4.33. The normalized spacial score (nSPS) is 12.5. The maximum atomic E-state index is 5.92. The Morgan fingerprint density at radius 3 is 2.87 bits per heavy atom. The Balaban J connectivity index is 2.62. The number of halogens is 1. The monoisotopic (exact) mass is 245 g/mol. The average Bonchev–Trinajstić information content (AvgIpc) is 2.17. The van der Waals surface area contributed by atoms with E-state index in [0.29, 0.717) is 0 Å². The summed E-state index contributed by atoms with van der Waals surface area (Å²) in [5.74, 6) is 1.85. The van der Waals surface area contributed by atoms with Gasteiger partial charge in [0, 0.05) is 11.1 Å². The third-order valence-electron chi connectivity index (χ3n) is 1.96. The van der Waals surface area contributed by atoms with E-state index in [4.69, 9.17) is 22.1 Å². The molecule has 2 nitrogen and oxygen atoms in total. The summed E-state index contributed by atoms with van der Waals surface area (Å²) in [4.78, 5) is 1.07. The van der Waals surface area contributed by atoms with Crippen LogP contribution in [0.15, 0.2) is 23.1 Å². The van der Waals surface area contributed by atoms with E-state index in [1.165, 1.54) is 0 Å². The number of hydrogen-bond donors (Lipinski definition) is 1. The Hall–Kier alpha value is -0.380. The molecular weight excluding hydrogens is 230 g/mol. The van der Waals surface area contributed by atoms with Gasteiger partial charge in [-0.2, -0.15) is 0 Å². The Kier molecular flexibility index (Phi) is 5.29. The minimum atomic E-state index is 0.239. The van der Waals surface area contributed by atoms with E-state index in [2.05, 4.69) is 0 Å². The highest BCUT2D eigenvalue weighted by Gasteiger charge is 2.04. The largest absolute Gasteiger partial charge is 0.496 e. The highest BCUT2D eigenvalue weighted by Crippen LogP contribution is 2.32. The van der Waals surface area contributed by atoms with Crippen molar-refractivity contribution < 1.29 is 4.74 Å². The van der Waals surface area contributed by atoms with E-state index >= 15 is 0 Å². The van der Waals surface area contributed by atoms with Crippen LogP contribution in [0.4, 0.5) is 0 Å². The first-order valence-electron chi connectivity index (χ1n) is 4.85. The van der Waals surface area contributed by atoms with Gasteiger partial charge in [0.25, 0.3) is 0 Å². The predicted octanol–water partition coefficient (Wildman–Crippen LogP) is 3.18. The first-order valence-corrected chi connectivity index (χ1v) is 6.21. The molecule has 0 saturated heterocycles. The first kappa shape index (κ1) is 12.7. The summed E-state index contributed by atoms with van der Waals surface area (Å²) in [7, 11) is 1.67. The molecule has 1 unspecified atom stereocenters. The van der Waals surface area contributed by atoms with E-state index in [1.807, 2.05) is 25.1 Å². The number of methoxy groups -OCH3 is 1. The molecule has 84 valence electrons. The lowest BCUT2D eigenvalue weighted by Gasteiger charge is -2.09. The second-order valence-electron chi connectivity index (χ2n) is 3.41. The fraction of sp³-hybridized carbons (Fsp3) is 0.455. The van der Waals surface area contributed by atoms with Crippen molar-refractivity contribution in [2.75, 3.05) is 12.9 Å². The number of thioether (sulfide) groups is 1. The summed E-state index contributed by atoms with van der Waals surface area (Å²) >= 11 is 7.65. The van der Waals surface area contributed by atoms with Crippen molar-refractivity contribution in [3.63, 3.8) is 0 Å². The van der Waals surface area contributed by atoms with Gasteiger partial charge >= 0.3 is 0 Å². The lowest BCUT2D eigenvalue weighted by atomic mass is 10.3. The predicted molar refractivity (Wildman–Crippen MR) is 67.0 cm³/mol. The van der Waals surface area contributed by atoms with Gasteiger partial charge in [0.05, 0.1) is 12.0 Å². The lowest BCUT2D eigenvalue weighted by molar-refractivity contribution is 0.405. The molecule has 0 spiro atoms. The highest BCUT2D eigenvalue weighted by atomic mass is 35.5. The van der Waals surface area contributed by atoms with E-state index in [1.54, 1.807) is 18.9 Å². The van der Waals surface area contributed by atoms with Gasteiger partial charge in [-0.1, -0.05) is 11.6 Å². The molecule has 0 aromatic heterocycles. The Morgan fingerprint density at radius 1 is 1.53 bits per heavy atom. The Morgan fingerprint density at radius 2 is 2.27 bits per heavy atom. The second kappa shape index (κ2) is 6.26. The van der Waals surface area contributed by atoms with Gasteiger partial charge in [0.1, 0.15) is 5.75 Å². The molecule has 0 aliphatic carbocycles. The van der Waals surface area contributed by atoms with Crippen LogP contribution in [0.3, 0.4) is 0 Å². The smallest absolute Gasteiger partial charge is 0.132 e. The molecule has 0 saturated carbocycles. The van der Waals surface area contributed by atoms with Gasteiger partial charge in [0.2, 0.25) is 0 Å². The van der Waals surface area contributed by atoms with Crippen LogP contribution < -0.4 is 10.5 Å². The molecule has 1 atom stereocenters. The van der Waals surface area contributed by atoms with Crippen molar-refractivity contribution in [3.8, 4) is 5.75 Å². The average molecular weight is 246 g/mol. The van der Waals surface area contributed by atoms with Gasteiger partial charge in [-0.05, 0) is 37.3 Å². The molecule has 15 heavy (non-hydrogen) atoms. The standard InChI is InChI=1S/C11H16ClNOS/c1-8(13)5-6-15-11-7-9(12)3-4-10(11)14-2/h3-4,7-8H,5-6,13H2,1-2H3. The number of benzene rings is 1. The minimum absolute atomic E-state index is 0.239. The van der Waals surface area contributed by atoms with Gasteiger partial charge in [-0.15, -0.1) is 11.8 Å². The summed E-state index contributed by atoms with van der Waals surface area (Å²) in [6.45, 7) is 2.01. The second-order valence-corrected chi connectivity index (χ2v) is 4.98. The zero-order chi connectivity index (χ0) is 11.3. The zero-order valence-electron chi connectivity index (χ0n) is 9.00. The molecule has 0 heterocycles. The van der Waals surface area contributed by atoms with Crippen molar-refractivity contribution in [1.29, 1.82) is 0 Å². The Bertz CT molecular complexity index is 317. The number of ether oxygens (including phenoxy) is 1. The van der Waals surface area contributed by atoms with E-state index < -0.39 is 0 Å². The summed E-state index contributed by atoms with van der Waals surface area (Å²) in [5.41, 5.74) is 5.69. The van der Waals surface area contributed by atoms with Crippen molar-refractivity contribution in [3.05, 3.63) is 23.2 Å².